The summed E-state index contributed by atoms with van der Waals surface area (Å²) < 4.78 is 7.49. The van der Waals surface area contributed by atoms with Crippen LogP contribution in [-0.2, 0) is 6.42 Å². The second-order valence-corrected chi connectivity index (χ2v) is 4.94. The predicted molar refractivity (Wildman–Crippen MR) is 74.4 cm³/mol. The van der Waals surface area contributed by atoms with Gasteiger partial charge >= 0.3 is 0 Å². The molecule has 0 fully saturated rings. The highest BCUT2D eigenvalue weighted by Gasteiger charge is 2.17. The van der Waals surface area contributed by atoms with Crippen LogP contribution in [0.2, 0.25) is 0 Å². The molecule has 0 saturated carbocycles. The fourth-order valence-corrected chi connectivity index (χ4v) is 2.10. The minimum atomic E-state index is -0.0460. The highest BCUT2D eigenvalue weighted by atomic mass is 16.3. The Morgan fingerprint density at radius 2 is 2.26 bits per heavy atom. The SMILES string of the molecule is CCC(C)n1ccc(CC(NN)c2occc2C)n1. The van der Waals surface area contributed by atoms with Crippen molar-refractivity contribution in [1.29, 1.82) is 0 Å². The van der Waals surface area contributed by atoms with Gasteiger partial charge in [0.25, 0.3) is 0 Å². The molecule has 0 bridgehead atoms. The molecule has 0 aliphatic carbocycles. The average molecular weight is 262 g/mol. The van der Waals surface area contributed by atoms with Crippen molar-refractivity contribution < 1.29 is 4.42 Å². The van der Waals surface area contributed by atoms with Crippen LogP contribution in [0.25, 0.3) is 0 Å². The van der Waals surface area contributed by atoms with Gasteiger partial charge in [-0.3, -0.25) is 10.5 Å². The molecule has 2 unspecified atom stereocenters. The third kappa shape index (κ3) is 3.05. The molecular weight excluding hydrogens is 240 g/mol. The van der Waals surface area contributed by atoms with Crippen molar-refractivity contribution in [2.45, 2.75) is 45.7 Å². The molecule has 2 atom stereocenters. The summed E-state index contributed by atoms with van der Waals surface area (Å²) in [7, 11) is 0. The number of nitrogens with zero attached hydrogens (tertiary/aromatic N) is 2. The largest absolute Gasteiger partial charge is 0.467 e. The molecule has 0 aromatic carbocycles. The van der Waals surface area contributed by atoms with E-state index >= 15 is 0 Å². The molecule has 0 saturated heterocycles. The number of furan rings is 1. The van der Waals surface area contributed by atoms with Crippen molar-refractivity contribution in [2.75, 3.05) is 0 Å². The Morgan fingerprint density at radius 1 is 1.47 bits per heavy atom. The molecule has 0 amide bonds. The van der Waals surface area contributed by atoms with Gasteiger partial charge in [-0.25, -0.2) is 5.43 Å². The van der Waals surface area contributed by atoms with Gasteiger partial charge < -0.3 is 4.42 Å². The number of nitrogens with one attached hydrogen (secondary N) is 1. The van der Waals surface area contributed by atoms with E-state index in [1.807, 2.05) is 29.9 Å². The van der Waals surface area contributed by atoms with Crippen molar-refractivity contribution in [1.82, 2.24) is 15.2 Å². The molecule has 2 rings (SSSR count). The molecular formula is C14H22N4O. The zero-order valence-electron chi connectivity index (χ0n) is 11.8. The summed E-state index contributed by atoms with van der Waals surface area (Å²) in [5, 5.41) is 4.59. The van der Waals surface area contributed by atoms with Gasteiger partial charge in [-0.15, -0.1) is 0 Å². The van der Waals surface area contributed by atoms with Gasteiger partial charge in [0.2, 0.25) is 0 Å². The maximum atomic E-state index is 5.63. The number of hydrazine groups is 1. The van der Waals surface area contributed by atoms with Gasteiger partial charge in [-0.1, -0.05) is 6.92 Å². The standard InChI is InChI=1S/C14H22N4O/c1-4-11(3)18-7-5-12(17-18)9-13(16-15)14-10(2)6-8-19-14/h5-8,11,13,16H,4,9,15H2,1-3H3. The number of aromatic nitrogens is 2. The van der Waals surface area contributed by atoms with Crippen LogP contribution in [0.3, 0.4) is 0 Å². The van der Waals surface area contributed by atoms with E-state index < -0.39 is 0 Å². The monoisotopic (exact) mass is 262 g/mol. The van der Waals surface area contributed by atoms with E-state index in [0.717, 1.165) is 23.4 Å². The molecule has 0 radical (unpaired) electrons. The Kier molecular flexibility index (Phi) is 4.39. The zero-order valence-corrected chi connectivity index (χ0v) is 11.8. The number of rotatable bonds is 6. The normalized spacial score (nSPS) is 14.5. The van der Waals surface area contributed by atoms with Gasteiger partial charge in [0.05, 0.1) is 18.0 Å². The van der Waals surface area contributed by atoms with Crippen LogP contribution in [0.1, 0.15) is 49.4 Å². The van der Waals surface area contributed by atoms with Crippen LogP contribution < -0.4 is 11.3 Å². The fourth-order valence-electron chi connectivity index (χ4n) is 2.10. The first-order valence-electron chi connectivity index (χ1n) is 6.69. The lowest BCUT2D eigenvalue weighted by Crippen LogP contribution is -2.29. The molecule has 0 aliphatic heterocycles. The summed E-state index contributed by atoms with van der Waals surface area (Å²) in [5.74, 6) is 6.50. The third-order valence-corrected chi connectivity index (χ3v) is 3.54. The van der Waals surface area contributed by atoms with Crippen LogP contribution in [0, 0.1) is 6.92 Å². The molecule has 5 heteroatoms. The van der Waals surface area contributed by atoms with Gasteiger partial charge in [-0.05, 0) is 38.0 Å². The molecule has 2 aromatic heterocycles. The second kappa shape index (κ2) is 6.04. The first-order valence-corrected chi connectivity index (χ1v) is 6.69. The highest BCUT2D eigenvalue weighted by molar-refractivity contribution is 5.20. The summed E-state index contributed by atoms with van der Waals surface area (Å²) in [5.41, 5.74) is 4.92. The Hall–Kier alpha value is -1.59. The number of hydrogen-bond donors (Lipinski definition) is 2. The lowest BCUT2D eigenvalue weighted by molar-refractivity contribution is 0.407. The van der Waals surface area contributed by atoms with E-state index in [1.54, 1.807) is 6.26 Å². The summed E-state index contributed by atoms with van der Waals surface area (Å²) in [6.45, 7) is 6.33. The molecule has 5 nitrogen and oxygen atoms in total. The second-order valence-electron chi connectivity index (χ2n) is 4.94. The molecule has 0 spiro atoms. The van der Waals surface area contributed by atoms with E-state index in [0.29, 0.717) is 12.5 Å². The van der Waals surface area contributed by atoms with Gasteiger partial charge in [-0.2, -0.15) is 5.10 Å². The van der Waals surface area contributed by atoms with E-state index in [1.165, 1.54) is 0 Å². The van der Waals surface area contributed by atoms with Crippen molar-refractivity contribution in [3.8, 4) is 0 Å². The molecule has 104 valence electrons. The maximum absolute atomic E-state index is 5.63. The lowest BCUT2D eigenvalue weighted by Gasteiger charge is -2.13. The van der Waals surface area contributed by atoms with Crippen LogP contribution in [0.4, 0.5) is 0 Å². The van der Waals surface area contributed by atoms with Crippen molar-refractivity contribution in [2.24, 2.45) is 5.84 Å². The summed E-state index contributed by atoms with van der Waals surface area (Å²) in [6, 6.07) is 4.35. The zero-order chi connectivity index (χ0) is 13.8. The van der Waals surface area contributed by atoms with Crippen molar-refractivity contribution in [3.63, 3.8) is 0 Å². The van der Waals surface area contributed by atoms with E-state index in [-0.39, 0.29) is 6.04 Å². The molecule has 19 heavy (non-hydrogen) atoms. The molecule has 0 aliphatic rings. The topological polar surface area (TPSA) is 69.0 Å². The quantitative estimate of drug-likeness (QED) is 0.620. The Bertz CT molecular complexity index is 517. The third-order valence-electron chi connectivity index (χ3n) is 3.54. The smallest absolute Gasteiger partial charge is 0.125 e. The Labute approximate surface area is 113 Å². The van der Waals surface area contributed by atoms with Crippen LogP contribution in [0.5, 0.6) is 0 Å². The first kappa shape index (κ1) is 13.8. The van der Waals surface area contributed by atoms with Crippen molar-refractivity contribution >= 4 is 0 Å². The van der Waals surface area contributed by atoms with Crippen molar-refractivity contribution in [3.05, 3.63) is 41.6 Å². The van der Waals surface area contributed by atoms with E-state index in [4.69, 9.17) is 10.3 Å². The summed E-state index contributed by atoms with van der Waals surface area (Å²) in [4.78, 5) is 0. The van der Waals surface area contributed by atoms with Gasteiger partial charge in [0.15, 0.2) is 0 Å². The minimum Gasteiger partial charge on any atom is -0.467 e. The summed E-state index contributed by atoms with van der Waals surface area (Å²) in [6.07, 6.45) is 5.49. The molecule has 2 heterocycles. The maximum Gasteiger partial charge on any atom is 0.125 e. The van der Waals surface area contributed by atoms with Gasteiger partial charge in [0.1, 0.15) is 5.76 Å². The van der Waals surface area contributed by atoms with Crippen LogP contribution >= 0.6 is 0 Å². The Morgan fingerprint density at radius 3 is 2.84 bits per heavy atom. The predicted octanol–water partition coefficient (Wildman–Crippen LogP) is 2.50. The fraction of sp³-hybridized carbons (Fsp3) is 0.500. The number of aryl methyl sites for hydroxylation is 1. The van der Waals surface area contributed by atoms with E-state index in [9.17, 15) is 0 Å². The number of hydrogen-bond acceptors (Lipinski definition) is 4. The highest BCUT2D eigenvalue weighted by Crippen LogP contribution is 2.21. The lowest BCUT2D eigenvalue weighted by atomic mass is 10.1. The number of nitrogens with two attached hydrogens (primary N) is 1. The van der Waals surface area contributed by atoms with Crippen LogP contribution in [-0.4, -0.2) is 9.78 Å². The van der Waals surface area contributed by atoms with Gasteiger partial charge in [0, 0.05) is 18.7 Å². The summed E-state index contributed by atoms with van der Waals surface area (Å²) >= 11 is 0. The molecule has 2 aromatic rings. The minimum absolute atomic E-state index is 0.0460. The van der Waals surface area contributed by atoms with E-state index in [2.05, 4.69) is 24.4 Å². The molecule has 3 N–H and O–H groups in total. The van der Waals surface area contributed by atoms with Crippen LogP contribution in [0.15, 0.2) is 29.0 Å². The average Bonchev–Trinajstić information content (AvgIpc) is 3.04. The Balaban J connectivity index is 2.11. The first-order chi connectivity index (χ1) is 9.15.